The normalized spacial score (nSPS) is 15.4. The summed E-state index contributed by atoms with van der Waals surface area (Å²) in [6.45, 7) is -0.0440. The Balaban J connectivity index is 1.24. The Morgan fingerprint density at radius 1 is 1.18 bits per heavy atom. The SMILES string of the molecule is O=C(OCC(=O)N1N=C(c2cccs2)CC1c1ccco1)c1cnn(Cc2ccccc2Cl)c1. The van der Waals surface area contributed by atoms with E-state index in [0.29, 0.717) is 23.7 Å². The third kappa shape index (κ3) is 4.66. The van der Waals surface area contributed by atoms with Gasteiger partial charge in [-0.2, -0.15) is 10.2 Å². The van der Waals surface area contributed by atoms with Gasteiger partial charge in [-0.25, -0.2) is 9.80 Å². The molecule has 3 aromatic heterocycles. The van der Waals surface area contributed by atoms with Crippen LogP contribution in [0.2, 0.25) is 5.02 Å². The van der Waals surface area contributed by atoms with Crippen LogP contribution in [0.1, 0.15) is 39.0 Å². The number of hydrogen-bond acceptors (Lipinski definition) is 7. The van der Waals surface area contributed by atoms with Crippen molar-refractivity contribution in [1.29, 1.82) is 0 Å². The molecule has 0 aliphatic carbocycles. The van der Waals surface area contributed by atoms with Gasteiger partial charge in [-0.3, -0.25) is 9.48 Å². The number of benzene rings is 1. The van der Waals surface area contributed by atoms with E-state index < -0.39 is 24.5 Å². The van der Waals surface area contributed by atoms with E-state index >= 15 is 0 Å². The Kier molecular flexibility index (Phi) is 6.29. The first-order valence-corrected chi connectivity index (χ1v) is 11.7. The number of amides is 1. The highest BCUT2D eigenvalue weighted by atomic mass is 35.5. The fourth-order valence-corrected chi connectivity index (χ4v) is 4.58. The van der Waals surface area contributed by atoms with Gasteiger partial charge in [0.1, 0.15) is 11.8 Å². The number of furan rings is 1. The van der Waals surface area contributed by atoms with Crippen molar-refractivity contribution in [3.8, 4) is 0 Å². The number of carbonyl (C=O) groups is 2. The van der Waals surface area contributed by atoms with Crippen molar-refractivity contribution >= 4 is 40.5 Å². The second-order valence-corrected chi connectivity index (χ2v) is 8.95. The molecule has 4 heterocycles. The van der Waals surface area contributed by atoms with E-state index in [2.05, 4.69) is 10.2 Å². The number of aromatic nitrogens is 2. The zero-order valence-electron chi connectivity index (χ0n) is 17.8. The van der Waals surface area contributed by atoms with Crippen molar-refractivity contribution in [3.05, 3.63) is 99.4 Å². The predicted molar refractivity (Wildman–Crippen MR) is 127 cm³/mol. The Morgan fingerprint density at radius 2 is 2.06 bits per heavy atom. The van der Waals surface area contributed by atoms with Gasteiger partial charge in [0.05, 0.1) is 35.2 Å². The summed E-state index contributed by atoms with van der Waals surface area (Å²) in [6, 6.07) is 14.5. The Labute approximate surface area is 204 Å². The van der Waals surface area contributed by atoms with Crippen molar-refractivity contribution in [2.45, 2.75) is 19.0 Å². The molecule has 5 rings (SSSR count). The molecule has 1 amide bonds. The van der Waals surface area contributed by atoms with Gasteiger partial charge in [0.15, 0.2) is 6.61 Å². The molecule has 0 spiro atoms. The van der Waals surface area contributed by atoms with Crippen molar-refractivity contribution in [1.82, 2.24) is 14.8 Å². The van der Waals surface area contributed by atoms with Crippen LogP contribution in [-0.4, -0.2) is 39.0 Å². The molecular formula is C24H19ClN4O4S. The van der Waals surface area contributed by atoms with Crippen LogP contribution >= 0.6 is 22.9 Å². The molecule has 1 aliphatic rings. The first kappa shape index (κ1) is 22.1. The summed E-state index contributed by atoms with van der Waals surface area (Å²) in [4.78, 5) is 26.5. The highest BCUT2D eigenvalue weighted by Crippen LogP contribution is 2.34. The predicted octanol–water partition coefficient (Wildman–Crippen LogP) is 4.77. The average Bonchev–Trinajstić information content (AvgIpc) is 3.64. The monoisotopic (exact) mass is 494 g/mol. The maximum absolute atomic E-state index is 13.0. The fourth-order valence-electron chi connectivity index (χ4n) is 3.67. The lowest BCUT2D eigenvalue weighted by molar-refractivity contribution is -0.136. The van der Waals surface area contributed by atoms with E-state index in [4.69, 9.17) is 20.8 Å². The summed E-state index contributed by atoms with van der Waals surface area (Å²) in [7, 11) is 0. The molecule has 0 bridgehead atoms. The Hall–Kier alpha value is -3.69. The van der Waals surface area contributed by atoms with E-state index in [9.17, 15) is 9.59 Å². The van der Waals surface area contributed by atoms with Gasteiger partial charge in [-0.15, -0.1) is 11.3 Å². The second kappa shape index (κ2) is 9.66. The maximum Gasteiger partial charge on any atom is 0.341 e. The topological polar surface area (TPSA) is 89.9 Å². The van der Waals surface area contributed by atoms with E-state index in [1.54, 1.807) is 46.7 Å². The first-order valence-electron chi connectivity index (χ1n) is 10.5. The quantitative estimate of drug-likeness (QED) is 0.345. The van der Waals surface area contributed by atoms with E-state index in [1.807, 2.05) is 35.7 Å². The third-order valence-corrected chi connectivity index (χ3v) is 6.62. The molecular weight excluding hydrogens is 476 g/mol. The molecule has 4 aromatic rings. The second-order valence-electron chi connectivity index (χ2n) is 7.59. The minimum atomic E-state index is -0.644. The fraction of sp³-hybridized carbons (Fsp3) is 0.167. The lowest BCUT2D eigenvalue weighted by Crippen LogP contribution is -2.31. The van der Waals surface area contributed by atoms with Gasteiger partial charge in [-0.1, -0.05) is 35.9 Å². The number of ether oxygens (including phenoxy) is 1. The molecule has 1 aliphatic heterocycles. The van der Waals surface area contributed by atoms with E-state index in [-0.39, 0.29) is 5.56 Å². The van der Waals surface area contributed by atoms with Crippen molar-refractivity contribution in [3.63, 3.8) is 0 Å². The lowest BCUT2D eigenvalue weighted by Gasteiger charge is -2.19. The molecule has 0 saturated heterocycles. The number of hydrazone groups is 1. The standard InChI is InChI=1S/C24H19ClN4O4S/c25-18-6-2-1-5-16(18)13-28-14-17(12-26-28)24(31)33-15-23(30)29-20(21-7-3-9-32-21)11-19(27-29)22-8-4-10-34-22/h1-10,12,14,20H,11,13,15H2. The number of halogens is 1. The van der Waals surface area contributed by atoms with Gasteiger partial charge in [0, 0.05) is 17.6 Å². The molecule has 1 atom stereocenters. The molecule has 1 aromatic carbocycles. The first-order chi connectivity index (χ1) is 16.6. The Morgan fingerprint density at radius 3 is 2.82 bits per heavy atom. The molecule has 0 radical (unpaired) electrons. The number of carbonyl (C=O) groups excluding carboxylic acids is 2. The summed E-state index contributed by atoms with van der Waals surface area (Å²) < 4.78 is 12.4. The van der Waals surface area contributed by atoms with E-state index in [0.717, 1.165) is 16.2 Å². The molecule has 0 N–H and O–H groups in total. The van der Waals surface area contributed by atoms with Gasteiger partial charge in [0.2, 0.25) is 0 Å². The minimum Gasteiger partial charge on any atom is -0.467 e. The minimum absolute atomic E-state index is 0.242. The highest BCUT2D eigenvalue weighted by Gasteiger charge is 2.35. The summed E-state index contributed by atoms with van der Waals surface area (Å²) in [5.41, 5.74) is 1.91. The van der Waals surface area contributed by atoms with Crippen molar-refractivity contribution in [2.24, 2.45) is 5.10 Å². The van der Waals surface area contributed by atoms with Gasteiger partial charge < -0.3 is 9.15 Å². The molecule has 34 heavy (non-hydrogen) atoms. The lowest BCUT2D eigenvalue weighted by atomic mass is 10.1. The van der Waals surface area contributed by atoms with Gasteiger partial charge in [0.25, 0.3) is 5.91 Å². The van der Waals surface area contributed by atoms with Crippen LogP contribution < -0.4 is 0 Å². The summed E-state index contributed by atoms with van der Waals surface area (Å²) in [6.07, 6.45) is 5.03. The zero-order valence-corrected chi connectivity index (χ0v) is 19.4. The molecule has 172 valence electrons. The number of hydrogen-bond donors (Lipinski definition) is 0. The van der Waals surface area contributed by atoms with Crippen LogP contribution in [0.15, 0.2) is 82.1 Å². The maximum atomic E-state index is 13.0. The summed E-state index contributed by atoms with van der Waals surface area (Å²) >= 11 is 7.74. The number of nitrogens with zero attached hydrogens (tertiary/aromatic N) is 4. The summed E-state index contributed by atoms with van der Waals surface area (Å²) in [5, 5.41) is 12.6. The molecule has 8 nitrogen and oxygen atoms in total. The molecule has 0 fully saturated rings. The van der Waals surface area contributed by atoms with Gasteiger partial charge in [-0.05, 0) is 35.2 Å². The largest absolute Gasteiger partial charge is 0.467 e. The van der Waals surface area contributed by atoms with Crippen LogP contribution in [0.4, 0.5) is 0 Å². The zero-order chi connectivity index (χ0) is 23.5. The van der Waals surface area contributed by atoms with Crippen molar-refractivity contribution < 1.29 is 18.7 Å². The van der Waals surface area contributed by atoms with Crippen LogP contribution in [-0.2, 0) is 16.1 Å². The van der Waals surface area contributed by atoms with Crippen LogP contribution in [0, 0.1) is 0 Å². The third-order valence-electron chi connectivity index (χ3n) is 5.33. The van der Waals surface area contributed by atoms with Crippen LogP contribution in [0.25, 0.3) is 0 Å². The van der Waals surface area contributed by atoms with E-state index in [1.165, 1.54) is 11.2 Å². The van der Waals surface area contributed by atoms with Crippen LogP contribution in [0.5, 0.6) is 0 Å². The molecule has 10 heteroatoms. The molecule has 0 saturated carbocycles. The number of thiophene rings is 1. The van der Waals surface area contributed by atoms with Crippen LogP contribution in [0.3, 0.4) is 0 Å². The van der Waals surface area contributed by atoms with Crippen molar-refractivity contribution in [2.75, 3.05) is 6.61 Å². The number of rotatable bonds is 7. The molecule has 1 unspecified atom stereocenters. The smallest absolute Gasteiger partial charge is 0.341 e. The Bertz CT molecular complexity index is 1330. The number of esters is 1. The average molecular weight is 495 g/mol. The highest BCUT2D eigenvalue weighted by molar-refractivity contribution is 7.12. The van der Waals surface area contributed by atoms with Gasteiger partial charge >= 0.3 is 5.97 Å². The summed E-state index contributed by atoms with van der Waals surface area (Å²) in [5.74, 6) is -0.462.